The summed E-state index contributed by atoms with van der Waals surface area (Å²) in [5.74, 6) is 2.04. The first-order valence-electron chi connectivity index (χ1n) is 9.27. The Morgan fingerprint density at radius 2 is 1.83 bits per heavy atom. The normalized spacial score (nSPS) is 10.6. The van der Waals surface area contributed by atoms with Gasteiger partial charge in [0.1, 0.15) is 12.4 Å². The fraction of sp³-hybridized carbons (Fsp3) is 0.333. The van der Waals surface area contributed by atoms with Crippen LogP contribution in [0.4, 0.5) is 0 Å². The van der Waals surface area contributed by atoms with Crippen molar-refractivity contribution in [1.29, 1.82) is 0 Å². The van der Waals surface area contributed by atoms with E-state index in [9.17, 15) is 4.79 Å². The molecule has 1 N–H and O–H groups in total. The molecule has 152 valence electrons. The van der Waals surface area contributed by atoms with E-state index in [2.05, 4.69) is 20.4 Å². The van der Waals surface area contributed by atoms with E-state index in [4.69, 9.17) is 14.0 Å². The third-order valence-corrected chi connectivity index (χ3v) is 4.14. The lowest BCUT2D eigenvalue weighted by molar-refractivity contribution is 0.0944. The van der Waals surface area contributed by atoms with Crippen LogP contribution in [0.15, 0.2) is 34.9 Å². The summed E-state index contributed by atoms with van der Waals surface area (Å²) in [4.78, 5) is 21.0. The maximum Gasteiger partial charge on any atom is 0.273 e. The van der Waals surface area contributed by atoms with E-state index >= 15 is 0 Å². The minimum Gasteiger partial charge on any atom is -0.493 e. The van der Waals surface area contributed by atoms with E-state index in [1.165, 1.54) is 0 Å². The summed E-state index contributed by atoms with van der Waals surface area (Å²) in [5.41, 5.74) is 3.08. The van der Waals surface area contributed by atoms with E-state index < -0.39 is 0 Å². The highest BCUT2D eigenvalue weighted by Gasteiger charge is 2.14. The molecule has 29 heavy (non-hydrogen) atoms. The van der Waals surface area contributed by atoms with Crippen molar-refractivity contribution in [3.63, 3.8) is 0 Å². The number of rotatable bonds is 8. The van der Waals surface area contributed by atoms with Crippen LogP contribution in [-0.2, 0) is 13.0 Å². The summed E-state index contributed by atoms with van der Waals surface area (Å²) in [6, 6.07) is 9.11. The van der Waals surface area contributed by atoms with Crippen molar-refractivity contribution in [1.82, 2.24) is 20.4 Å². The standard InChI is InChI=1S/C21H24N4O4/c1-13-5-6-18(19(9-13)27-4)28-12-16-11-17(25-29-16)21(26)22-8-7-20-23-14(2)10-15(3)24-20/h5-6,9-11H,7-8,12H2,1-4H3,(H,22,26). The molecule has 0 aliphatic heterocycles. The molecule has 1 aromatic carbocycles. The maximum atomic E-state index is 12.3. The van der Waals surface area contributed by atoms with Crippen LogP contribution in [0.25, 0.3) is 0 Å². The number of amides is 1. The Morgan fingerprint density at radius 1 is 1.07 bits per heavy atom. The average Bonchev–Trinajstić information content (AvgIpc) is 3.15. The highest BCUT2D eigenvalue weighted by atomic mass is 16.5. The second kappa shape index (κ2) is 9.18. The molecule has 0 aliphatic rings. The van der Waals surface area contributed by atoms with Crippen LogP contribution in [0.3, 0.4) is 0 Å². The second-order valence-electron chi connectivity index (χ2n) is 6.69. The predicted octanol–water partition coefficient (Wildman–Crippen LogP) is 2.95. The quantitative estimate of drug-likeness (QED) is 0.625. The van der Waals surface area contributed by atoms with Crippen LogP contribution >= 0.6 is 0 Å². The molecule has 1 amide bonds. The van der Waals surface area contributed by atoms with Gasteiger partial charge in [-0.25, -0.2) is 9.97 Å². The van der Waals surface area contributed by atoms with E-state index in [1.807, 2.05) is 45.0 Å². The SMILES string of the molecule is COc1cc(C)ccc1OCc1cc(C(=O)NCCc2nc(C)cc(C)n2)no1. The number of benzene rings is 1. The Labute approximate surface area is 169 Å². The number of hydrogen-bond donors (Lipinski definition) is 1. The third kappa shape index (κ3) is 5.54. The summed E-state index contributed by atoms with van der Waals surface area (Å²) in [7, 11) is 1.58. The molecule has 0 aliphatic carbocycles. The summed E-state index contributed by atoms with van der Waals surface area (Å²) in [5, 5.41) is 6.61. The van der Waals surface area contributed by atoms with Crippen molar-refractivity contribution in [2.24, 2.45) is 0 Å². The van der Waals surface area contributed by atoms with Crippen LogP contribution in [0.5, 0.6) is 11.5 Å². The maximum absolute atomic E-state index is 12.3. The van der Waals surface area contributed by atoms with Gasteiger partial charge in [-0.2, -0.15) is 0 Å². The lowest BCUT2D eigenvalue weighted by Crippen LogP contribution is -2.26. The van der Waals surface area contributed by atoms with Crippen molar-refractivity contribution < 1.29 is 18.8 Å². The van der Waals surface area contributed by atoms with Gasteiger partial charge in [0, 0.05) is 30.4 Å². The van der Waals surface area contributed by atoms with Crippen molar-refractivity contribution in [2.75, 3.05) is 13.7 Å². The Morgan fingerprint density at radius 3 is 2.55 bits per heavy atom. The number of aryl methyl sites for hydroxylation is 3. The van der Waals surface area contributed by atoms with E-state index in [1.54, 1.807) is 13.2 Å². The molecule has 0 bridgehead atoms. The number of methoxy groups -OCH3 is 1. The minimum absolute atomic E-state index is 0.135. The first-order chi connectivity index (χ1) is 13.9. The fourth-order valence-corrected chi connectivity index (χ4v) is 2.82. The van der Waals surface area contributed by atoms with Gasteiger partial charge < -0.3 is 19.3 Å². The predicted molar refractivity (Wildman–Crippen MR) is 106 cm³/mol. The van der Waals surface area contributed by atoms with Crippen LogP contribution in [0.1, 0.15) is 39.0 Å². The molecule has 2 heterocycles. The van der Waals surface area contributed by atoms with Crippen LogP contribution in [0.2, 0.25) is 0 Å². The fourth-order valence-electron chi connectivity index (χ4n) is 2.82. The van der Waals surface area contributed by atoms with E-state index in [-0.39, 0.29) is 18.2 Å². The lowest BCUT2D eigenvalue weighted by atomic mass is 10.2. The highest BCUT2D eigenvalue weighted by molar-refractivity contribution is 5.92. The van der Waals surface area contributed by atoms with Gasteiger partial charge in [0.05, 0.1) is 7.11 Å². The molecule has 0 fully saturated rings. The summed E-state index contributed by atoms with van der Waals surface area (Å²) < 4.78 is 16.2. The zero-order valence-electron chi connectivity index (χ0n) is 17.0. The number of hydrogen-bond acceptors (Lipinski definition) is 7. The Bertz CT molecular complexity index is 980. The molecule has 3 aromatic rings. The third-order valence-electron chi connectivity index (χ3n) is 4.14. The topological polar surface area (TPSA) is 99.4 Å². The van der Waals surface area contributed by atoms with Crippen LogP contribution in [0, 0.1) is 20.8 Å². The number of nitrogens with zero attached hydrogens (tertiary/aromatic N) is 3. The minimum atomic E-state index is -0.322. The van der Waals surface area contributed by atoms with Crippen molar-refractivity contribution in [2.45, 2.75) is 33.8 Å². The largest absolute Gasteiger partial charge is 0.493 e. The number of carbonyl (C=O) groups excluding carboxylic acids is 1. The van der Waals surface area contributed by atoms with Gasteiger partial charge in [-0.05, 0) is 44.5 Å². The van der Waals surface area contributed by atoms with Crippen molar-refractivity contribution in [3.05, 3.63) is 64.6 Å². The molecule has 3 rings (SSSR count). The molecule has 0 saturated carbocycles. The van der Waals surface area contributed by atoms with Crippen molar-refractivity contribution >= 4 is 5.91 Å². The van der Waals surface area contributed by atoms with E-state index in [0.717, 1.165) is 17.0 Å². The Kier molecular flexibility index (Phi) is 6.43. The van der Waals surface area contributed by atoms with E-state index in [0.29, 0.717) is 36.0 Å². The first-order valence-corrected chi connectivity index (χ1v) is 9.27. The molecular formula is C21H24N4O4. The summed E-state index contributed by atoms with van der Waals surface area (Å²) in [6.07, 6.45) is 0.537. The Hall–Kier alpha value is -3.42. The smallest absolute Gasteiger partial charge is 0.273 e. The van der Waals surface area contributed by atoms with Crippen LogP contribution in [-0.4, -0.2) is 34.7 Å². The number of carbonyl (C=O) groups is 1. The van der Waals surface area contributed by atoms with Crippen molar-refractivity contribution in [3.8, 4) is 11.5 Å². The zero-order chi connectivity index (χ0) is 20.8. The van der Waals surface area contributed by atoms with Gasteiger partial charge in [0.15, 0.2) is 23.0 Å². The number of ether oxygens (including phenoxy) is 2. The average molecular weight is 396 g/mol. The molecule has 0 atom stereocenters. The zero-order valence-corrected chi connectivity index (χ0v) is 17.0. The molecule has 0 unspecified atom stereocenters. The Balaban J connectivity index is 1.52. The molecule has 0 spiro atoms. The molecule has 0 saturated heterocycles. The molecular weight excluding hydrogens is 372 g/mol. The monoisotopic (exact) mass is 396 g/mol. The van der Waals surface area contributed by atoms with Gasteiger partial charge in [-0.1, -0.05) is 11.2 Å². The first kappa shape index (κ1) is 20.3. The molecule has 0 radical (unpaired) electrons. The molecule has 8 heteroatoms. The van der Waals surface area contributed by atoms with Gasteiger partial charge >= 0.3 is 0 Å². The second-order valence-corrected chi connectivity index (χ2v) is 6.69. The van der Waals surface area contributed by atoms with Gasteiger partial charge in [0.25, 0.3) is 5.91 Å². The molecule has 8 nitrogen and oxygen atoms in total. The number of aromatic nitrogens is 3. The summed E-state index contributed by atoms with van der Waals surface area (Å²) >= 11 is 0. The lowest BCUT2D eigenvalue weighted by Gasteiger charge is -2.09. The number of nitrogens with one attached hydrogen (secondary N) is 1. The van der Waals surface area contributed by atoms with Gasteiger partial charge in [0.2, 0.25) is 0 Å². The highest BCUT2D eigenvalue weighted by Crippen LogP contribution is 2.28. The van der Waals surface area contributed by atoms with Gasteiger partial charge in [-0.3, -0.25) is 4.79 Å². The van der Waals surface area contributed by atoms with Crippen LogP contribution < -0.4 is 14.8 Å². The summed E-state index contributed by atoms with van der Waals surface area (Å²) in [6.45, 7) is 6.35. The van der Waals surface area contributed by atoms with Gasteiger partial charge in [-0.15, -0.1) is 0 Å². The molecule has 2 aromatic heterocycles.